The molecule has 34 heavy (non-hydrogen) atoms. The summed E-state index contributed by atoms with van der Waals surface area (Å²) in [6, 6.07) is 7.04. The Morgan fingerprint density at radius 2 is 1.85 bits per heavy atom. The molecule has 0 atom stereocenters. The number of benzene rings is 1. The average molecular weight is 486 g/mol. The monoisotopic (exact) mass is 485 g/mol. The number of carbonyl (C=O) groups excluding carboxylic acids is 1. The second kappa shape index (κ2) is 10.4. The highest BCUT2D eigenvalue weighted by Gasteiger charge is 2.23. The zero-order valence-electron chi connectivity index (χ0n) is 19.9. The number of carbonyl (C=O) groups is 1. The van der Waals surface area contributed by atoms with Crippen LogP contribution in [0, 0.1) is 5.92 Å². The first-order valence-corrected chi connectivity index (χ1v) is 12.6. The molecule has 4 rings (SSSR count). The van der Waals surface area contributed by atoms with Gasteiger partial charge in [-0.3, -0.25) is 18.7 Å². The van der Waals surface area contributed by atoms with Gasteiger partial charge in [0.15, 0.2) is 10.8 Å². The molecule has 3 heterocycles. The summed E-state index contributed by atoms with van der Waals surface area (Å²) in [6.07, 6.45) is 2.76. The topological polar surface area (TPSA) is 98.5 Å². The van der Waals surface area contributed by atoms with Crippen molar-refractivity contribution in [2.75, 3.05) is 29.9 Å². The number of aromatic nitrogens is 3. The van der Waals surface area contributed by atoms with E-state index in [1.807, 2.05) is 13.8 Å². The second-order valence-electron chi connectivity index (χ2n) is 8.65. The summed E-state index contributed by atoms with van der Waals surface area (Å²) < 4.78 is 8.38. The van der Waals surface area contributed by atoms with Crippen molar-refractivity contribution in [2.45, 2.75) is 53.1 Å². The minimum atomic E-state index is -0.509. The maximum atomic E-state index is 13.2. The Morgan fingerprint density at radius 3 is 2.50 bits per heavy atom. The highest BCUT2D eigenvalue weighted by molar-refractivity contribution is 7.22. The van der Waals surface area contributed by atoms with Crippen molar-refractivity contribution in [3.8, 4) is 5.75 Å². The molecule has 0 radical (unpaired) electrons. The number of ether oxygens (including phenoxy) is 1. The van der Waals surface area contributed by atoms with Crippen LogP contribution in [0.2, 0.25) is 0 Å². The zero-order valence-corrected chi connectivity index (χ0v) is 20.7. The number of nitrogens with zero attached hydrogens (tertiary/aromatic N) is 4. The summed E-state index contributed by atoms with van der Waals surface area (Å²) >= 11 is 1.31. The largest absolute Gasteiger partial charge is 0.494 e. The van der Waals surface area contributed by atoms with Crippen LogP contribution in [0.15, 0.2) is 33.9 Å². The van der Waals surface area contributed by atoms with Gasteiger partial charge in [0.05, 0.1) is 6.61 Å². The Morgan fingerprint density at radius 1 is 1.15 bits per heavy atom. The standard InChI is InChI=1S/C24H31N5O4S/c1-4-12-28-22(31)20-21(26-23(34-20)27-13-10-16(3)11-14-27)29(24(28)32)15-19(30)25-17-6-8-18(9-7-17)33-5-2/h6-9,16H,4-5,10-15H2,1-3H3,(H,25,30). The molecule has 3 aromatic rings. The number of thiazole rings is 1. The summed E-state index contributed by atoms with van der Waals surface area (Å²) in [5, 5.41) is 3.55. The van der Waals surface area contributed by atoms with E-state index in [2.05, 4.69) is 22.1 Å². The van der Waals surface area contributed by atoms with Crippen molar-refractivity contribution in [1.29, 1.82) is 0 Å². The van der Waals surface area contributed by atoms with Crippen molar-refractivity contribution in [3.05, 3.63) is 45.1 Å². The molecular formula is C24H31N5O4S. The number of anilines is 2. The van der Waals surface area contributed by atoms with E-state index in [0.717, 1.165) is 31.1 Å². The third kappa shape index (κ3) is 5.01. The van der Waals surface area contributed by atoms with Crippen molar-refractivity contribution in [3.63, 3.8) is 0 Å². The van der Waals surface area contributed by atoms with E-state index in [1.54, 1.807) is 24.3 Å². The van der Waals surface area contributed by atoms with Crippen molar-refractivity contribution >= 4 is 38.4 Å². The molecule has 1 saturated heterocycles. The lowest BCUT2D eigenvalue weighted by atomic mass is 10.00. The quantitative estimate of drug-likeness (QED) is 0.526. The molecule has 9 nitrogen and oxygen atoms in total. The van der Waals surface area contributed by atoms with Gasteiger partial charge in [-0.25, -0.2) is 9.78 Å². The number of amides is 1. The van der Waals surface area contributed by atoms with Gasteiger partial charge in [0.25, 0.3) is 5.56 Å². The average Bonchev–Trinajstić information content (AvgIpc) is 3.27. The Hall–Kier alpha value is -3.14. The SMILES string of the molecule is CCCn1c(=O)c2sc(N3CCC(C)CC3)nc2n(CC(=O)Nc2ccc(OCC)cc2)c1=O. The van der Waals surface area contributed by atoms with Crippen molar-refractivity contribution < 1.29 is 9.53 Å². The normalized spacial score (nSPS) is 14.5. The van der Waals surface area contributed by atoms with Crippen LogP contribution in [0.5, 0.6) is 5.75 Å². The summed E-state index contributed by atoms with van der Waals surface area (Å²) in [6.45, 7) is 8.41. The first-order valence-electron chi connectivity index (χ1n) is 11.8. The number of piperidine rings is 1. The zero-order chi connectivity index (χ0) is 24.2. The van der Waals surface area contributed by atoms with Gasteiger partial charge in [0, 0.05) is 25.3 Å². The van der Waals surface area contributed by atoms with E-state index < -0.39 is 5.69 Å². The minimum absolute atomic E-state index is 0.229. The van der Waals surface area contributed by atoms with Gasteiger partial charge in [0.1, 0.15) is 17.0 Å². The number of hydrogen-bond donors (Lipinski definition) is 1. The van der Waals surface area contributed by atoms with Crippen LogP contribution in [0.1, 0.15) is 40.0 Å². The molecule has 0 bridgehead atoms. The lowest BCUT2D eigenvalue weighted by Crippen LogP contribution is -2.41. The predicted molar refractivity (Wildman–Crippen MR) is 135 cm³/mol. The van der Waals surface area contributed by atoms with E-state index in [-0.39, 0.29) is 23.7 Å². The molecule has 0 aliphatic carbocycles. The molecule has 1 aromatic carbocycles. The van der Waals surface area contributed by atoms with Crippen LogP contribution < -0.4 is 26.2 Å². The van der Waals surface area contributed by atoms with E-state index in [9.17, 15) is 14.4 Å². The lowest BCUT2D eigenvalue weighted by molar-refractivity contribution is -0.116. The first kappa shape index (κ1) is 24.0. The van der Waals surface area contributed by atoms with Gasteiger partial charge < -0.3 is 15.0 Å². The van der Waals surface area contributed by atoms with Gasteiger partial charge in [0.2, 0.25) is 5.91 Å². The molecule has 1 aliphatic rings. The Bertz CT molecular complexity index is 1270. The first-order chi connectivity index (χ1) is 16.4. The van der Waals surface area contributed by atoms with E-state index in [4.69, 9.17) is 4.74 Å². The second-order valence-corrected chi connectivity index (χ2v) is 9.63. The number of fused-ring (bicyclic) bond motifs is 1. The van der Waals surface area contributed by atoms with E-state index in [0.29, 0.717) is 41.6 Å². The summed E-state index contributed by atoms with van der Waals surface area (Å²) in [4.78, 5) is 46.0. The summed E-state index contributed by atoms with van der Waals surface area (Å²) in [7, 11) is 0. The Kier molecular flexibility index (Phi) is 7.35. The third-order valence-electron chi connectivity index (χ3n) is 6.01. The maximum Gasteiger partial charge on any atom is 0.333 e. The third-order valence-corrected chi connectivity index (χ3v) is 7.10. The van der Waals surface area contributed by atoms with Gasteiger partial charge in [-0.05, 0) is 56.4 Å². The van der Waals surface area contributed by atoms with Gasteiger partial charge >= 0.3 is 5.69 Å². The molecule has 2 aromatic heterocycles. The predicted octanol–water partition coefficient (Wildman–Crippen LogP) is 3.30. The molecule has 1 aliphatic heterocycles. The fourth-order valence-corrected chi connectivity index (χ4v) is 5.18. The number of nitrogens with one attached hydrogen (secondary N) is 1. The van der Waals surface area contributed by atoms with Crippen LogP contribution in [0.25, 0.3) is 10.3 Å². The van der Waals surface area contributed by atoms with Gasteiger partial charge in [-0.2, -0.15) is 0 Å². The number of hydrogen-bond acceptors (Lipinski definition) is 7. The maximum absolute atomic E-state index is 13.2. The smallest absolute Gasteiger partial charge is 0.333 e. The highest BCUT2D eigenvalue weighted by Crippen LogP contribution is 2.29. The molecule has 0 unspecified atom stereocenters. The number of rotatable bonds is 8. The minimum Gasteiger partial charge on any atom is -0.494 e. The summed E-state index contributed by atoms with van der Waals surface area (Å²) in [5.41, 5.74) is 0.0355. The van der Waals surface area contributed by atoms with Crippen LogP contribution in [0.3, 0.4) is 0 Å². The van der Waals surface area contributed by atoms with Crippen LogP contribution >= 0.6 is 11.3 Å². The Balaban J connectivity index is 1.66. The van der Waals surface area contributed by atoms with Gasteiger partial charge in [-0.15, -0.1) is 0 Å². The van der Waals surface area contributed by atoms with Crippen LogP contribution in [0.4, 0.5) is 10.8 Å². The molecule has 10 heteroatoms. The van der Waals surface area contributed by atoms with Crippen molar-refractivity contribution in [2.24, 2.45) is 5.92 Å². The molecule has 0 saturated carbocycles. The van der Waals surface area contributed by atoms with E-state index in [1.165, 1.54) is 20.5 Å². The van der Waals surface area contributed by atoms with Gasteiger partial charge in [-0.1, -0.05) is 25.2 Å². The van der Waals surface area contributed by atoms with Crippen molar-refractivity contribution in [1.82, 2.24) is 14.1 Å². The highest BCUT2D eigenvalue weighted by atomic mass is 32.1. The molecular weight excluding hydrogens is 454 g/mol. The fraction of sp³-hybridized carbons (Fsp3) is 0.500. The fourth-order valence-electron chi connectivity index (χ4n) is 4.11. The molecule has 0 spiro atoms. The summed E-state index contributed by atoms with van der Waals surface area (Å²) in [5.74, 6) is 1.01. The molecule has 1 amide bonds. The molecule has 1 N–H and O–H groups in total. The van der Waals surface area contributed by atoms with Crippen LogP contribution in [-0.2, 0) is 17.9 Å². The van der Waals surface area contributed by atoms with E-state index >= 15 is 0 Å². The van der Waals surface area contributed by atoms with Crippen LogP contribution in [-0.4, -0.2) is 39.7 Å². The lowest BCUT2D eigenvalue weighted by Gasteiger charge is -2.29. The Labute approximate surface area is 202 Å². The molecule has 1 fully saturated rings. The molecule has 182 valence electrons.